The monoisotopic (exact) mass is 304 g/mol. The molecule has 1 rings (SSSR count). The minimum Gasteiger partial charge on any atom is -0.465 e. The van der Waals surface area contributed by atoms with Crippen LogP contribution in [0, 0.1) is 0 Å². The lowest BCUT2D eigenvalue weighted by Gasteiger charge is -2.09. The third-order valence-corrected chi connectivity index (χ3v) is 2.72. The second kappa shape index (κ2) is 7.99. The molecule has 0 atom stereocenters. The number of para-hydroxylation sites is 1. The maximum Gasteiger partial charge on any atom is 0.319 e. The first-order chi connectivity index (χ1) is 9.04. The van der Waals surface area contributed by atoms with Gasteiger partial charge in [0.25, 0.3) is 0 Å². The number of ether oxygens (including phenoxy) is 1. The van der Waals surface area contributed by atoms with Crippen LogP contribution in [0.25, 0.3) is 0 Å². The van der Waals surface area contributed by atoms with Crippen LogP contribution in [-0.2, 0) is 14.3 Å². The molecule has 0 aromatic heterocycles. The lowest BCUT2D eigenvalue weighted by molar-refractivity contribution is -0.141. The minimum atomic E-state index is -0.411. The molecule has 0 aliphatic heterocycles. The van der Waals surface area contributed by atoms with Crippen molar-refractivity contribution in [1.29, 1.82) is 0 Å². The van der Waals surface area contributed by atoms with Crippen molar-refractivity contribution in [2.45, 2.75) is 6.92 Å². The largest absolute Gasteiger partial charge is 0.465 e. The highest BCUT2D eigenvalue weighted by atomic mass is 35.5. The third kappa shape index (κ3) is 5.46. The Balaban J connectivity index is 2.41. The summed E-state index contributed by atoms with van der Waals surface area (Å²) in [6.07, 6.45) is 0. The van der Waals surface area contributed by atoms with Crippen LogP contribution in [0.4, 0.5) is 5.69 Å². The molecule has 0 radical (unpaired) electrons. The van der Waals surface area contributed by atoms with Gasteiger partial charge in [0, 0.05) is 0 Å². The Morgan fingerprint density at radius 3 is 2.42 bits per heavy atom. The summed E-state index contributed by atoms with van der Waals surface area (Å²) in [5, 5.41) is 5.93. The highest BCUT2D eigenvalue weighted by Gasteiger charge is 2.10. The van der Waals surface area contributed by atoms with Crippen molar-refractivity contribution in [3.63, 3.8) is 0 Å². The molecule has 0 saturated heterocycles. The molecule has 0 bridgehead atoms. The predicted molar refractivity (Wildman–Crippen MR) is 74.6 cm³/mol. The molecular weight excluding hydrogens is 291 g/mol. The zero-order chi connectivity index (χ0) is 14.3. The van der Waals surface area contributed by atoms with E-state index in [1.807, 2.05) is 0 Å². The number of hydrogen-bond donors (Lipinski definition) is 2. The Morgan fingerprint density at radius 2 is 1.84 bits per heavy atom. The first kappa shape index (κ1) is 15.8. The quantitative estimate of drug-likeness (QED) is 0.790. The van der Waals surface area contributed by atoms with Gasteiger partial charge in [-0.3, -0.25) is 14.9 Å². The summed E-state index contributed by atoms with van der Waals surface area (Å²) >= 11 is 11.8. The third-order valence-electron chi connectivity index (χ3n) is 2.09. The van der Waals surface area contributed by atoms with E-state index in [0.717, 1.165) is 0 Å². The summed E-state index contributed by atoms with van der Waals surface area (Å²) in [6, 6.07) is 4.92. The van der Waals surface area contributed by atoms with E-state index < -0.39 is 5.97 Å². The van der Waals surface area contributed by atoms with Crippen LogP contribution in [0.3, 0.4) is 0 Å². The fourth-order valence-electron chi connectivity index (χ4n) is 1.29. The van der Waals surface area contributed by atoms with Crippen molar-refractivity contribution in [2.24, 2.45) is 0 Å². The van der Waals surface area contributed by atoms with Crippen LogP contribution in [-0.4, -0.2) is 31.6 Å². The lowest BCUT2D eigenvalue weighted by atomic mass is 10.3. The van der Waals surface area contributed by atoms with E-state index in [2.05, 4.69) is 10.6 Å². The van der Waals surface area contributed by atoms with Crippen molar-refractivity contribution in [1.82, 2.24) is 5.32 Å². The zero-order valence-corrected chi connectivity index (χ0v) is 11.8. The number of benzene rings is 1. The molecular formula is C12H14Cl2N2O3. The normalized spacial score (nSPS) is 10.1. The Hall–Kier alpha value is -1.30. The van der Waals surface area contributed by atoms with Gasteiger partial charge in [-0.2, -0.15) is 0 Å². The van der Waals surface area contributed by atoms with E-state index in [1.165, 1.54) is 0 Å². The molecule has 1 amide bonds. The average molecular weight is 305 g/mol. The molecule has 0 aliphatic carbocycles. The second-order valence-corrected chi connectivity index (χ2v) is 4.37. The summed E-state index contributed by atoms with van der Waals surface area (Å²) < 4.78 is 4.70. The molecule has 19 heavy (non-hydrogen) atoms. The highest BCUT2D eigenvalue weighted by molar-refractivity contribution is 6.39. The number of hydrogen-bond acceptors (Lipinski definition) is 4. The van der Waals surface area contributed by atoms with Gasteiger partial charge in [0.1, 0.15) is 0 Å². The molecule has 0 unspecified atom stereocenters. The Morgan fingerprint density at radius 1 is 1.21 bits per heavy atom. The van der Waals surface area contributed by atoms with Gasteiger partial charge in [0.15, 0.2) is 0 Å². The first-order valence-electron chi connectivity index (χ1n) is 5.64. The summed E-state index contributed by atoms with van der Waals surface area (Å²) in [7, 11) is 0. The predicted octanol–water partition coefficient (Wildman–Crippen LogP) is 2.08. The second-order valence-electron chi connectivity index (χ2n) is 3.55. The molecule has 2 N–H and O–H groups in total. The van der Waals surface area contributed by atoms with E-state index in [-0.39, 0.29) is 19.0 Å². The van der Waals surface area contributed by atoms with Gasteiger partial charge in [0.2, 0.25) is 5.91 Å². The number of esters is 1. The van der Waals surface area contributed by atoms with E-state index >= 15 is 0 Å². The fraction of sp³-hybridized carbons (Fsp3) is 0.333. The van der Waals surface area contributed by atoms with Crippen molar-refractivity contribution in [3.05, 3.63) is 28.2 Å². The van der Waals surface area contributed by atoms with E-state index in [9.17, 15) is 9.59 Å². The topological polar surface area (TPSA) is 67.4 Å². The van der Waals surface area contributed by atoms with Crippen molar-refractivity contribution in [2.75, 3.05) is 25.0 Å². The van der Waals surface area contributed by atoms with Crippen molar-refractivity contribution >= 4 is 40.8 Å². The molecule has 0 fully saturated rings. The molecule has 5 nitrogen and oxygen atoms in total. The maximum atomic E-state index is 11.6. The van der Waals surface area contributed by atoms with Gasteiger partial charge in [0.05, 0.1) is 35.4 Å². The number of carbonyl (C=O) groups excluding carboxylic acids is 2. The number of rotatable bonds is 6. The van der Waals surface area contributed by atoms with Crippen LogP contribution in [0.1, 0.15) is 6.92 Å². The lowest BCUT2D eigenvalue weighted by Crippen LogP contribution is -2.32. The van der Waals surface area contributed by atoms with Gasteiger partial charge >= 0.3 is 5.97 Å². The Labute approximate surface area is 121 Å². The van der Waals surface area contributed by atoms with E-state index in [1.54, 1.807) is 25.1 Å². The van der Waals surface area contributed by atoms with Crippen LogP contribution in [0.2, 0.25) is 10.0 Å². The number of amides is 1. The highest BCUT2D eigenvalue weighted by Crippen LogP contribution is 2.29. The molecule has 0 aliphatic rings. The van der Waals surface area contributed by atoms with Crippen LogP contribution in [0.5, 0.6) is 0 Å². The molecule has 0 saturated carbocycles. The molecule has 7 heteroatoms. The first-order valence-corrected chi connectivity index (χ1v) is 6.40. The molecule has 0 heterocycles. The van der Waals surface area contributed by atoms with Crippen LogP contribution < -0.4 is 10.6 Å². The van der Waals surface area contributed by atoms with Gasteiger partial charge in [-0.15, -0.1) is 0 Å². The standard InChI is InChI=1S/C12H14Cl2N2O3/c1-2-19-11(18)7-15-6-10(17)16-12-8(13)4-3-5-9(12)14/h3-5,15H,2,6-7H2,1H3,(H,16,17). The SMILES string of the molecule is CCOC(=O)CNCC(=O)Nc1c(Cl)cccc1Cl. The van der Waals surface area contributed by atoms with Gasteiger partial charge in [-0.25, -0.2) is 0 Å². The smallest absolute Gasteiger partial charge is 0.319 e. The number of nitrogens with one attached hydrogen (secondary N) is 2. The van der Waals surface area contributed by atoms with Gasteiger partial charge < -0.3 is 10.1 Å². The van der Waals surface area contributed by atoms with Crippen LogP contribution >= 0.6 is 23.2 Å². The number of halogens is 2. The molecule has 1 aromatic rings. The Bertz CT molecular complexity index is 446. The van der Waals surface area contributed by atoms with Crippen LogP contribution in [0.15, 0.2) is 18.2 Å². The zero-order valence-electron chi connectivity index (χ0n) is 10.3. The Kier molecular flexibility index (Phi) is 6.62. The summed E-state index contributed by atoms with van der Waals surface area (Å²) in [5.41, 5.74) is 0.355. The fourth-order valence-corrected chi connectivity index (χ4v) is 1.78. The molecule has 104 valence electrons. The summed E-state index contributed by atoms with van der Waals surface area (Å²) in [6.45, 7) is 1.95. The summed E-state index contributed by atoms with van der Waals surface area (Å²) in [4.78, 5) is 22.6. The van der Waals surface area contributed by atoms with E-state index in [4.69, 9.17) is 27.9 Å². The number of carbonyl (C=O) groups is 2. The number of anilines is 1. The van der Waals surface area contributed by atoms with Gasteiger partial charge in [-0.1, -0.05) is 29.3 Å². The summed E-state index contributed by atoms with van der Waals surface area (Å²) in [5.74, 6) is -0.759. The van der Waals surface area contributed by atoms with E-state index in [0.29, 0.717) is 22.3 Å². The maximum absolute atomic E-state index is 11.6. The van der Waals surface area contributed by atoms with Crippen molar-refractivity contribution < 1.29 is 14.3 Å². The molecule has 1 aromatic carbocycles. The van der Waals surface area contributed by atoms with Crippen molar-refractivity contribution in [3.8, 4) is 0 Å². The minimum absolute atomic E-state index is 0.0302. The molecule has 0 spiro atoms. The average Bonchev–Trinajstić information content (AvgIpc) is 2.34. The van der Waals surface area contributed by atoms with Gasteiger partial charge in [-0.05, 0) is 19.1 Å².